The van der Waals surface area contributed by atoms with Gasteiger partial charge in [0, 0.05) is 36.4 Å². The van der Waals surface area contributed by atoms with E-state index in [-0.39, 0.29) is 5.66 Å². The molecule has 0 saturated heterocycles. The summed E-state index contributed by atoms with van der Waals surface area (Å²) in [6.07, 6.45) is 5.09. The molecule has 1 spiro atoms. The van der Waals surface area contributed by atoms with Crippen molar-refractivity contribution in [3.63, 3.8) is 0 Å². The lowest BCUT2D eigenvalue weighted by Crippen LogP contribution is -2.83. The molecule has 0 N–H and O–H groups in total. The molecule has 0 amide bonds. The molecule has 3 aromatic heterocycles. The van der Waals surface area contributed by atoms with Gasteiger partial charge in [-0.1, -0.05) is 18.2 Å². The molecule has 3 nitrogen and oxygen atoms in total. The molecule has 1 aromatic carbocycles. The molecule has 4 aliphatic heterocycles. The first-order chi connectivity index (χ1) is 15.3. The summed E-state index contributed by atoms with van der Waals surface area (Å²) in [5.74, 6) is 0. The van der Waals surface area contributed by atoms with Gasteiger partial charge in [0.05, 0.1) is 12.8 Å². The molecule has 8 rings (SSSR count). The molecular weight excluding hydrogens is 378 g/mol. The average Bonchev–Trinajstić information content (AvgIpc) is 3.01. The van der Waals surface area contributed by atoms with Crippen LogP contribution in [-0.2, 0) is 44.3 Å². The van der Waals surface area contributed by atoms with Gasteiger partial charge < -0.3 is 0 Å². The molecule has 3 bridgehead atoms. The van der Waals surface area contributed by atoms with Crippen LogP contribution in [0.2, 0.25) is 0 Å². The second-order valence-corrected chi connectivity index (χ2v) is 9.70. The summed E-state index contributed by atoms with van der Waals surface area (Å²) in [5.41, 5.74) is 13.1. The fourth-order valence-corrected chi connectivity index (χ4v) is 6.97. The highest BCUT2D eigenvalue weighted by molar-refractivity contribution is 5.41. The Bertz CT molecular complexity index is 1340. The maximum atomic E-state index is 2.73. The van der Waals surface area contributed by atoms with Gasteiger partial charge in [0.1, 0.15) is 19.3 Å². The van der Waals surface area contributed by atoms with Gasteiger partial charge >= 0.3 is 5.66 Å². The van der Waals surface area contributed by atoms with E-state index in [0.29, 0.717) is 0 Å². The van der Waals surface area contributed by atoms with Crippen LogP contribution in [0.5, 0.6) is 0 Å². The highest BCUT2D eigenvalue weighted by Gasteiger charge is 2.64. The van der Waals surface area contributed by atoms with Crippen molar-refractivity contribution in [1.82, 2.24) is 0 Å². The van der Waals surface area contributed by atoms with Gasteiger partial charge in [-0.2, -0.15) is 4.57 Å². The first kappa shape index (κ1) is 16.4. The molecule has 148 valence electrons. The Hall–Kier alpha value is -3.33. The zero-order chi connectivity index (χ0) is 20.2. The van der Waals surface area contributed by atoms with Crippen molar-refractivity contribution in [3.05, 3.63) is 124 Å². The van der Waals surface area contributed by atoms with Crippen LogP contribution in [0.4, 0.5) is 0 Å². The van der Waals surface area contributed by atoms with Crippen molar-refractivity contribution in [2.45, 2.75) is 44.3 Å². The molecule has 4 aliphatic rings. The van der Waals surface area contributed by atoms with Crippen LogP contribution >= 0.6 is 0 Å². The Kier molecular flexibility index (Phi) is 2.89. The van der Waals surface area contributed by atoms with Crippen LogP contribution in [0.25, 0.3) is 0 Å². The van der Waals surface area contributed by atoms with Gasteiger partial charge in [0.2, 0.25) is 0 Å². The van der Waals surface area contributed by atoms with E-state index in [1.54, 1.807) is 5.56 Å². The van der Waals surface area contributed by atoms with Gasteiger partial charge in [-0.3, -0.25) is 0 Å². The van der Waals surface area contributed by atoms with E-state index in [1.807, 2.05) is 0 Å². The lowest BCUT2D eigenvalue weighted by atomic mass is 9.86. The minimum absolute atomic E-state index is 0.135. The molecular formula is C28H24N3+3. The van der Waals surface area contributed by atoms with Gasteiger partial charge in [-0.15, -0.1) is 9.13 Å². The Morgan fingerprint density at radius 3 is 1.61 bits per heavy atom. The van der Waals surface area contributed by atoms with Gasteiger partial charge in [0.15, 0.2) is 34.2 Å². The Labute approximate surface area is 181 Å². The van der Waals surface area contributed by atoms with E-state index < -0.39 is 0 Å². The summed E-state index contributed by atoms with van der Waals surface area (Å²) in [6, 6.07) is 27.9. The summed E-state index contributed by atoms with van der Waals surface area (Å²) in [7, 11) is 0. The summed E-state index contributed by atoms with van der Waals surface area (Å²) < 4.78 is 8.12. The maximum Gasteiger partial charge on any atom is 0.425 e. The highest BCUT2D eigenvalue weighted by atomic mass is 15.3. The van der Waals surface area contributed by atoms with E-state index in [2.05, 4.69) is 86.5 Å². The number of hydrogen-bond acceptors (Lipinski definition) is 0. The smallest absolute Gasteiger partial charge is 0.184 e. The predicted octanol–water partition coefficient (Wildman–Crippen LogP) is 2.31. The third-order valence-electron chi connectivity index (χ3n) is 8.12. The molecule has 4 aromatic rings. The molecule has 0 radical (unpaired) electrons. The topological polar surface area (TPSA) is 11.6 Å². The zero-order valence-electron chi connectivity index (χ0n) is 17.5. The minimum Gasteiger partial charge on any atom is -0.184 e. The Balaban J connectivity index is 1.61. The van der Waals surface area contributed by atoms with Crippen molar-refractivity contribution >= 4 is 0 Å². The van der Waals surface area contributed by atoms with Crippen molar-refractivity contribution in [3.8, 4) is 0 Å². The van der Waals surface area contributed by atoms with Crippen molar-refractivity contribution in [2.75, 3.05) is 0 Å². The van der Waals surface area contributed by atoms with E-state index in [9.17, 15) is 0 Å². The van der Waals surface area contributed by atoms with Crippen LogP contribution in [0.15, 0.2) is 72.8 Å². The molecule has 0 saturated carbocycles. The number of benzene rings is 1. The van der Waals surface area contributed by atoms with Crippen LogP contribution in [0.3, 0.4) is 0 Å². The third kappa shape index (κ3) is 1.97. The Morgan fingerprint density at radius 2 is 0.968 bits per heavy atom. The van der Waals surface area contributed by atoms with Crippen LogP contribution in [0, 0.1) is 0 Å². The molecule has 3 heteroatoms. The average molecular weight is 403 g/mol. The van der Waals surface area contributed by atoms with Gasteiger partial charge in [0.25, 0.3) is 6.54 Å². The second-order valence-electron chi connectivity index (χ2n) is 9.70. The standard InChI is InChI=1S/C28H24N3/c1-5-19-13-21-7-2-8-22-15-24-10-4-12-26-16-25-11-3-9-23-14-20(6-1)27(19)17-28(30(23)25,31(24)26)18-29(21)22/h1-12H,13-18H2/q+3/t28-/m0/s1. The number of hydrogen-bond donors (Lipinski definition) is 0. The number of nitrogens with zero attached hydrogens (tertiary/aromatic N) is 3. The number of pyridine rings is 3. The first-order valence-corrected chi connectivity index (χ1v) is 11.5. The molecule has 1 atom stereocenters. The van der Waals surface area contributed by atoms with Gasteiger partial charge in [-0.05, 0) is 34.9 Å². The predicted molar refractivity (Wildman–Crippen MR) is 115 cm³/mol. The van der Waals surface area contributed by atoms with Crippen LogP contribution in [0.1, 0.15) is 50.9 Å². The van der Waals surface area contributed by atoms with Crippen molar-refractivity contribution in [2.24, 2.45) is 0 Å². The van der Waals surface area contributed by atoms with E-state index in [0.717, 1.165) is 38.6 Å². The normalized spacial score (nSPS) is 20.9. The van der Waals surface area contributed by atoms with Crippen LogP contribution in [-0.4, -0.2) is 0 Å². The SMILES string of the molecule is c1cc2c3c(c1)Cc1cccc4[n+]1[C@]1(C3)C[n+]3c(cccc3Cc3cccc([n+]31)C4)C2. The second kappa shape index (κ2) is 5.47. The monoisotopic (exact) mass is 402 g/mol. The fourth-order valence-electron chi connectivity index (χ4n) is 6.97. The largest absolute Gasteiger partial charge is 0.425 e. The number of aromatic nitrogens is 3. The van der Waals surface area contributed by atoms with Crippen LogP contribution < -0.4 is 13.7 Å². The quantitative estimate of drug-likeness (QED) is 0.352. The van der Waals surface area contributed by atoms with E-state index in [1.165, 1.54) is 45.3 Å². The summed E-state index contributed by atoms with van der Waals surface area (Å²) in [4.78, 5) is 0. The Morgan fingerprint density at radius 1 is 0.516 bits per heavy atom. The molecule has 31 heavy (non-hydrogen) atoms. The lowest BCUT2D eigenvalue weighted by Gasteiger charge is -2.29. The minimum atomic E-state index is -0.135. The van der Waals surface area contributed by atoms with E-state index >= 15 is 0 Å². The third-order valence-corrected chi connectivity index (χ3v) is 8.12. The summed E-state index contributed by atoms with van der Waals surface area (Å²) in [6.45, 7) is 0.996. The maximum absolute atomic E-state index is 2.73. The highest BCUT2D eigenvalue weighted by Crippen LogP contribution is 2.34. The summed E-state index contributed by atoms with van der Waals surface area (Å²) in [5, 5.41) is 0. The molecule has 7 heterocycles. The van der Waals surface area contributed by atoms with Crippen molar-refractivity contribution < 1.29 is 13.7 Å². The lowest BCUT2D eigenvalue weighted by molar-refractivity contribution is -1.04. The number of rotatable bonds is 0. The summed E-state index contributed by atoms with van der Waals surface area (Å²) >= 11 is 0. The van der Waals surface area contributed by atoms with E-state index in [4.69, 9.17) is 0 Å². The van der Waals surface area contributed by atoms with Gasteiger partial charge in [-0.25, -0.2) is 0 Å². The first-order valence-electron chi connectivity index (χ1n) is 11.5. The van der Waals surface area contributed by atoms with Crippen molar-refractivity contribution in [1.29, 1.82) is 0 Å². The molecule has 0 unspecified atom stereocenters. The fraction of sp³-hybridized carbons (Fsp3) is 0.250. The molecule has 0 fully saturated rings. The molecule has 0 aliphatic carbocycles. The zero-order valence-corrected chi connectivity index (χ0v) is 17.5.